The van der Waals surface area contributed by atoms with Gasteiger partial charge < -0.3 is 10.1 Å². The normalized spacial score (nSPS) is 10.3. The maximum atomic E-state index is 11.4. The number of nitrogens with one attached hydrogen (secondary N) is 1. The fourth-order valence-corrected chi connectivity index (χ4v) is 3.33. The lowest BCUT2D eigenvalue weighted by Crippen LogP contribution is -2.05. The molecule has 96 valence electrons. The molecule has 2 heterocycles. The number of thiophene rings is 1. The summed E-state index contributed by atoms with van der Waals surface area (Å²) in [4.78, 5) is 16.8. The number of carbonyl (C=O) groups is 1. The van der Waals surface area contributed by atoms with E-state index in [1.54, 1.807) is 23.6 Å². The first kappa shape index (κ1) is 13.5. The fourth-order valence-electron chi connectivity index (χ4n) is 1.26. The van der Waals surface area contributed by atoms with Crippen LogP contribution in [0.2, 0.25) is 0 Å². The molecule has 7 heteroatoms. The molecule has 2 rings (SSSR count). The van der Waals surface area contributed by atoms with Gasteiger partial charge in [0.15, 0.2) is 10.8 Å². The third-order valence-electron chi connectivity index (χ3n) is 2.02. The van der Waals surface area contributed by atoms with E-state index in [-0.39, 0.29) is 5.97 Å². The monoisotopic (exact) mass is 346 g/mol. The van der Waals surface area contributed by atoms with Crippen LogP contribution in [0.1, 0.15) is 22.3 Å². The molecule has 0 fully saturated rings. The minimum atomic E-state index is -0.374. The van der Waals surface area contributed by atoms with Crippen molar-refractivity contribution >= 4 is 49.7 Å². The van der Waals surface area contributed by atoms with Gasteiger partial charge in [0, 0.05) is 20.1 Å². The van der Waals surface area contributed by atoms with Crippen molar-refractivity contribution in [3.63, 3.8) is 0 Å². The van der Waals surface area contributed by atoms with Gasteiger partial charge in [-0.2, -0.15) is 0 Å². The van der Waals surface area contributed by atoms with Crippen molar-refractivity contribution in [3.8, 4) is 0 Å². The van der Waals surface area contributed by atoms with Crippen molar-refractivity contribution in [1.29, 1.82) is 0 Å². The number of carbonyl (C=O) groups excluding carboxylic acids is 1. The lowest BCUT2D eigenvalue weighted by molar-refractivity contribution is 0.0520. The number of aromatic nitrogens is 1. The van der Waals surface area contributed by atoms with Crippen LogP contribution in [0.3, 0.4) is 0 Å². The van der Waals surface area contributed by atoms with E-state index in [2.05, 4.69) is 32.3 Å². The summed E-state index contributed by atoms with van der Waals surface area (Å²) in [5.41, 5.74) is 0.358. The first-order chi connectivity index (χ1) is 8.69. The second-order valence-electron chi connectivity index (χ2n) is 3.34. The standard InChI is InChI=1S/C11H11BrN2O2S2/c1-2-16-10(15)9-6-18-11(14-9)13-4-8-3-7(12)5-17-8/h3,5-6H,2,4H2,1H3,(H,13,14). The van der Waals surface area contributed by atoms with Crippen LogP contribution in [-0.4, -0.2) is 17.6 Å². The Balaban J connectivity index is 1.92. The van der Waals surface area contributed by atoms with Crippen molar-refractivity contribution in [2.45, 2.75) is 13.5 Å². The van der Waals surface area contributed by atoms with Crippen molar-refractivity contribution in [1.82, 2.24) is 4.98 Å². The van der Waals surface area contributed by atoms with Gasteiger partial charge in [-0.05, 0) is 28.9 Å². The molecular formula is C11H11BrN2O2S2. The molecule has 2 aromatic heterocycles. The van der Waals surface area contributed by atoms with Crippen LogP contribution >= 0.6 is 38.6 Å². The summed E-state index contributed by atoms with van der Waals surface area (Å²) in [6.45, 7) is 2.84. The van der Waals surface area contributed by atoms with E-state index in [0.717, 1.165) is 9.60 Å². The topological polar surface area (TPSA) is 51.2 Å². The van der Waals surface area contributed by atoms with E-state index >= 15 is 0 Å². The van der Waals surface area contributed by atoms with E-state index in [0.29, 0.717) is 18.8 Å². The molecule has 4 nitrogen and oxygen atoms in total. The lowest BCUT2D eigenvalue weighted by atomic mass is 10.5. The van der Waals surface area contributed by atoms with E-state index in [4.69, 9.17) is 4.74 Å². The van der Waals surface area contributed by atoms with Crippen LogP contribution in [0.15, 0.2) is 21.3 Å². The maximum Gasteiger partial charge on any atom is 0.357 e. The average Bonchev–Trinajstić information content (AvgIpc) is 2.95. The van der Waals surface area contributed by atoms with Crippen LogP contribution in [0.25, 0.3) is 0 Å². The zero-order valence-electron chi connectivity index (χ0n) is 9.60. The van der Waals surface area contributed by atoms with Crippen LogP contribution in [0.5, 0.6) is 0 Å². The fraction of sp³-hybridized carbons (Fsp3) is 0.273. The SMILES string of the molecule is CCOC(=O)c1csc(NCc2cc(Br)cs2)n1. The summed E-state index contributed by atoms with van der Waals surface area (Å²) in [6, 6.07) is 2.05. The number of anilines is 1. The number of ether oxygens (including phenoxy) is 1. The molecule has 0 aromatic carbocycles. The smallest absolute Gasteiger partial charge is 0.357 e. The molecule has 0 saturated carbocycles. The molecule has 0 aliphatic rings. The van der Waals surface area contributed by atoms with E-state index < -0.39 is 0 Å². The number of halogens is 1. The molecule has 2 aromatic rings. The molecule has 18 heavy (non-hydrogen) atoms. The summed E-state index contributed by atoms with van der Waals surface area (Å²) in [6.07, 6.45) is 0. The molecule has 0 spiro atoms. The predicted octanol–water partition coefficient (Wildman–Crippen LogP) is 3.76. The Hall–Kier alpha value is -0.920. The minimum absolute atomic E-state index is 0.358. The summed E-state index contributed by atoms with van der Waals surface area (Å²) in [7, 11) is 0. The molecule has 0 amide bonds. The molecule has 0 aliphatic heterocycles. The van der Waals surface area contributed by atoms with Gasteiger partial charge in [0.25, 0.3) is 0 Å². The number of thiazole rings is 1. The van der Waals surface area contributed by atoms with Crippen LogP contribution in [0.4, 0.5) is 5.13 Å². The molecule has 1 N–H and O–H groups in total. The van der Waals surface area contributed by atoms with Crippen molar-refractivity contribution < 1.29 is 9.53 Å². The first-order valence-electron chi connectivity index (χ1n) is 5.28. The quantitative estimate of drug-likeness (QED) is 0.837. The van der Waals surface area contributed by atoms with Gasteiger partial charge in [-0.3, -0.25) is 0 Å². The second kappa shape index (κ2) is 6.31. The highest BCUT2D eigenvalue weighted by Gasteiger charge is 2.11. The van der Waals surface area contributed by atoms with Crippen molar-refractivity contribution in [2.24, 2.45) is 0 Å². The Morgan fingerprint density at radius 2 is 2.33 bits per heavy atom. The Morgan fingerprint density at radius 3 is 3.00 bits per heavy atom. The second-order valence-corrected chi connectivity index (χ2v) is 6.11. The van der Waals surface area contributed by atoms with E-state index in [1.165, 1.54) is 16.2 Å². The number of hydrogen-bond donors (Lipinski definition) is 1. The third kappa shape index (κ3) is 3.54. The van der Waals surface area contributed by atoms with Gasteiger partial charge in [0.05, 0.1) is 13.2 Å². The predicted molar refractivity (Wildman–Crippen MR) is 77.4 cm³/mol. The van der Waals surface area contributed by atoms with Crippen LogP contribution in [0, 0.1) is 0 Å². The summed E-state index contributed by atoms with van der Waals surface area (Å²) >= 11 is 6.47. The van der Waals surface area contributed by atoms with Gasteiger partial charge in [0.2, 0.25) is 0 Å². The molecule has 0 saturated heterocycles. The number of hydrogen-bond acceptors (Lipinski definition) is 6. The Labute approximate surface area is 121 Å². The highest BCUT2D eigenvalue weighted by atomic mass is 79.9. The lowest BCUT2D eigenvalue weighted by Gasteiger charge is -1.99. The van der Waals surface area contributed by atoms with Gasteiger partial charge in [-0.15, -0.1) is 22.7 Å². The summed E-state index contributed by atoms with van der Waals surface area (Å²) < 4.78 is 5.96. The third-order valence-corrected chi connectivity index (χ3v) is 4.52. The molecule has 0 atom stereocenters. The zero-order chi connectivity index (χ0) is 13.0. The van der Waals surface area contributed by atoms with Crippen LogP contribution < -0.4 is 5.32 Å². The Morgan fingerprint density at radius 1 is 1.50 bits per heavy atom. The highest BCUT2D eigenvalue weighted by molar-refractivity contribution is 9.10. The summed E-state index contributed by atoms with van der Waals surface area (Å²) in [5.74, 6) is -0.374. The molecule has 0 radical (unpaired) electrons. The Bertz CT molecular complexity index is 539. The maximum absolute atomic E-state index is 11.4. The van der Waals surface area contributed by atoms with Crippen molar-refractivity contribution in [2.75, 3.05) is 11.9 Å². The molecule has 0 bridgehead atoms. The molecule has 0 unspecified atom stereocenters. The van der Waals surface area contributed by atoms with Gasteiger partial charge in [-0.1, -0.05) is 0 Å². The summed E-state index contributed by atoms with van der Waals surface area (Å²) in [5, 5.41) is 7.64. The van der Waals surface area contributed by atoms with Gasteiger partial charge >= 0.3 is 5.97 Å². The number of esters is 1. The number of nitrogens with zero attached hydrogens (tertiary/aromatic N) is 1. The highest BCUT2D eigenvalue weighted by Crippen LogP contribution is 2.22. The minimum Gasteiger partial charge on any atom is -0.461 e. The Kier molecular flexibility index (Phi) is 4.73. The number of rotatable bonds is 5. The van der Waals surface area contributed by atoms with Gasteiger partial charge in [-0.25, -0.2) is 9.78 Å². The first-order valence-corrected chi connectivity index (χ1v) is 7.83. The largest absolute Gasteiger partial charge is 0.461 e. The van der Waals surface area contributed by atoms with Crippen molar-refractivity contribution in [3.05, 3.63) is 31.9 Å². The molecule has 0 aliphatic carbocycles. The van der Waals surface area contributed by atoms with E-state index in [1.807, 2.05) is 5.38 Å². The van der Waals surface area contributed by atoms with Crippen LogP contribution in [-0.2, 0) is 11.3 Å². The average molecular weight is 347 g/mol. The van der Waals surface area contributed by atoms with Gasteiger partial charge in [0.1, 0.15) is 0 Å². The van der Waals surface area contributed by atoms with E-state index in [9.17, 15) is 4.79 Å². The zero-order valence-corrected chi connectivity index (χ0v) is 12.8. The molecular weight excluding hydrogens is 336 g/mol.